The highest BCUT2D eigenvalue weighted by Gasteiger charge is 2.13. The van der Waals surface area contributed by atoms with Gasteiger partial charge in [-0.2, -0.15) is 5.26 Å². The number of phenolic OH excluding ortho intramolecular Hbond substituents is 1. The zero-order valence-corrected chi connectivity index (χ0v) is 19.7. The van der Waals surface area contributed by atoms with Gasteiger partial charge >= 0.3 is 0 Å². The van der Waals surface area contributed by atoms with E-state index in [1.165, 1.54) is 23.8 Å². The van der Waals surface area contributed by atoms with Gasteiger partial charge in [0.15, 0.2) is 0 Å². The second kappa shape index (κ2) is 10.3. The number of anilines is 1. The van der Waals surface area contributed by atoms with Crippen molar-refractivity contribution in [2.45, 2.75) is 13.5 Å². The average molecular weight is 542 g/mol. The number of ether oxygens (including phenoxy) is 1. The fourth-order valence-electron chi connectivity index (χ4n) is 2.70. The molecule has 1 amide bonds. The van der Waals surface area contributed by atoms with Crippen LogP contribution in [-0.2, 0) is 11.4 Å². The first kappa shape index (κ1) is 22.6. The normalized spacial score (nSPS) is 11.0. The maximum atomic E-state index is 12.4. The largest absolute Gasteiger partial charge is 0.508 e. The molecule has 0 spiro atoms. The fourth-order valence-corrected chi connectivity index (χ4v) is 4.15. The Morgan fingerprint density at radius 3 is 2.29 bits per heavy atom. The molecule has 156 valence electrons. The number of hydrogen-bond acceptors (Lipinski definition) is 4. The first-order valence-corrected chi connectivity index (χ1v) is 10.8. The molecule has 0 aliphatic rings. The summed E-state index contributed by atoms with van der Waals surface area (Å²) < 4.78 is 7.32. The summed E-state index contributed by atoms with van der Waals surface area (Å²) in [5.74, 6) is 0.179. The Bertz CT molecular complexity index is 1140. The standard InChI is InChI=1S/C24H18Br2N2O3/c1-15-2-4-16(5-3-15)14-31-23-21(25)11-17(12-22(23)26)10-18(13-27)24(30)28-19-6-8-20(29)9-7-19/h2-12,29H,14H2,1H3,(H,28,30)/b18-10+. The van der Waals surface area contributed by atoms with Crippen molar-refractivity contribution >= 4 is 49.5 Å². The first-order valence-electron chi connectivity index (χ1n) is 9.25. The molecule has 0 bridgehead atoms. The molecule has 0 aliphatic carbocycles. The molecular formula is C24H18Br2N2O3. The summed E-state index contributed by atoms with van der Waals surface area (Å²) in [6.07, 6.45) is 1.50. The number of benzene rings is 3. The first-order chi connectivity index (χ1) is 14.9. The Balaban J connectivity index is 1.76. The lowest BCUT2D eigenvalue weighted by atomic mass is 10.1. The van der Waals surface area contributed by atoms with Gasteiger partial charge in [-0.15, -0.1) is 0 Å². The van der Waals surface area contributed by atoms with Crippen LogP contribution in [0.25, 0.3) is 6.08 Å². The number of nitrogens with zero attached hydrogens (tertiary/aromatic N) is 1. The lowest BCUT2D eigenvalue weighted by Gasteiger charge is -2.12. The molecule has 0 aliphatic heterocycles. The monoisotopic (exact) mass is 540 g/mol. The molecule has 3 aromatic carbocycles. The average Bonchev–Trinajstić information content (AvgIpc) is 2.74. The van der Waals surface area contributed by atoms with Gasteiger partial charge in [-0.25, -0.2) is 0 Å². The Labute approximate surface area is 197 Å². The van der Waals surface area contributed by atoms with Crippen molar-refractivity contribution in [3.63, 3.8) is 0 Å². The molecule has 7 heteroatoms. The minimum Gasteiger partial charge on any atom is -0.508 e. The van der Waals surface area contributed by atoms with Crippen LogP contribution in [-0.4, -0.2) is 11.0 Å². The highest BCUT2D eigenvalue weighted by Crippen LogP contribution is 2.36. The van der Waals surface area contributed by atoms with Crippen molar-refractivity contribution in [3.05, 3.63) is 91.9 Å². The predicted molar refractivity (Wildman–Crippen MR) is 128 cm³/mol. The predicted octanol–water partition coefficient (Wildman–Crippen LogP) is 6.35. The third-order valence-corrected chi connectivity index (χ3v) is 5.50. The Morgan fingerprint density at radius 2 is 1.71 bits per heavy atom. The van der Waals surface area contributed by atoms with E-state index in [0.717, 1.165) is 5.56 Å². The van der Waals surface area contributed by atoms with Crippen LogP contribution in [0.4, 0.5) is 5.69 Å². The number of halogens is 2. The van der Waals surface area contributed by atoms with Gasteiger partial charge in [0.1, 0.15) is 29.7 Å². The highest BCUT2D eigenvalue weighted by molar-refractivity contribution is 9.11. The molecule has 0 heterocycles. The smallest absolute Gasteiger partial charge is 0.266 e. The third-order valence-electron chi connectivity index (χ3n) is 4.33. The summed E-state index contributed by atoms with van der Waals surface area (Å²) >= 11 is 7.00. The highest BCUT2D eigenvalue weighted by atomic mass is 79.9. The van der Waals surface area contributed by atoms with Crippen LogP contribution in [0.3, 0.4) is 0 Å². The minimum absolute atomic E-state index is 0.0554. The molecule has 5 nitrogen and oxygen atoms in total. The number of carbonyl (C=O) groups excluding carboxylic acids is 1. The van der Waals surface area contributed by atoms with Gasteiger partial charge in [0.25, 0.3) is 5.91 Å². The molecule has 0 fully saturated rings. The molecule has 0 aromatic heterocycles. The van der Waals surface area contributed by atoms with E-state index in [9.17, 15) is 15.2 Å². The fraction of sp³-hybridized carbons (Fsp3) is 0.0833. The van der Waals surface area contributed by atoms with E-state index in [1.807, 2.05) is 37.3 Å². The Kier molecular flexibility index (Phi) is 7.50. The van der Waals surface area contributed by atoms with Gasteiger partial charge in [-0.3, -0.25) is 4.79 Å². The number of aryl methyl sites for hydroxylation is 1. The molecule has 0 radical (unpaired) electrons. The maximum absolute atomic E-state index is 12.4. The molecule has 2 N–H and O–H groups in total. The molecular weight excluding hydrogens is 524 g/mol. The van der Waals surface area contributed by atoms with E-state index in [2.05, 4.69) is 37.2 Å². The SMILES string of the molecule is Cc1ccc(COc2c(Br)cc(/C=C(\C#N)C(=O)Nc3ccc(O)cc3)cc2Br)cc1. The number of rotatable bonds is 6. The van der Waals surface area contributed by atoms with Gasteiger partial charge in [0.05, 0.1) is 8.95 Å². The number of amides is 1. The van der Waals surface area contributed by atoms with Gasteiger partial charge < -0.3 is 15.2 Å². The topological polar surface area (TPSA) is 82.3 Å². The Morgan fingerprint density at radius 1 is 1.10 bits per heavy atom. The number of hydrogen-bond donors (Lipinski definition) is 2. The van der Waals surface area contributed by atoms with E-state index < -0.39 is 5.91 Å². The van der Waals surface area contributed by atoms with E-state index in [4.69, 9.17) is 4.74 Å². The van der Waals surface area contributed by atoms with Gasteiger partial charge in [0.2, 0.25) is 0 Å². The molecule has 31 heavy (non-hydrogen) atoms. The van der Waals surface area contributed by atoms with Gasteiger partial charge in [-0.05, 0) is 92.4 Å². The summed E-state index contributed by atoms with van der Waals surface area (Å²) in [6, 6.07) is 19.6. The number of aromatic hydroxyl groups is 1. The van der Waals surface area contributed by atoms with Crippen LogP contribution in [0.1, 0.15) is 16.7 Å². The summed E-state index contributed by atoms with van der Waals surface area (Å²) in [6.45, 7) is 2.44. The van der Waals surface area contributed by atoms with Crippen molar-refractivity contribution in [3.8, 4) is 17.6 Å². The number of carbonyl (C=O) groups is 1. The second-order valence-electron chi connectivity index (χ2n) is 6.76. The molecule has 3 aromatic rings. The van der Waals surface area contributed by atoms with Gasteiger partial charge in [-0.1, -0.05) is 29.8 Å². The third kappa shape index (κ3) is 6.20. The van der Waals surface area contributed by atoms with Crippen LogP contribution in [0.5, 0.6) is 11.5 Å². The van der Waals surface area contributed by atoms with Crippen molar-refractivity contribution in [1.29, 1.82) is 5.26 Å². The zero-order valence-electron chi connectivity index (χ0n) is 16.5. The van der Waals surface area contributed by atoms with Crippen LogP contribution in [0.15, 0.2) is 75.2 Å². The molecule has 0 atom stereocenters. The quantitative estimate of drug-likeness (QED) is 0.216. The summed E-state index contributed by atoms with van der Waals surface area (Å²) in [5.41, 5.74) is 3.31. The van der Waals surface area contributed by atoms with Crippen LogP contribution in [0, 0.1) is 18.3 Å². The lowest BCUT2D eigenvalue weighted by Crippen LogP contribution is -2.13. The van der Waals surface area contributed by atoms with E-state index >= 15 is 0 Å². The summed E-state index contributed by atoms with van der Waals surface area (Å²) in [4.78, 5) is 12.4. The lowest BCUT2D eigenvalue weighted by molar-refractivity contribution is -0.112. The van der Waals surface area contributed by atoms with Crippen LogP contribution >= 0.6 is 31.9 Å². The number of nitrogens with one attached hydrogen (secondary N) is 1. The summed E-state index contributed by atoms with van der Waals surface area (Å²) in [5, 5.41) is 21.4. The van der Waals surface area contributed by atoms with Crippen molar-refractivity contribution in [2.24, 2.45) is 0 Å². The molecule has 0 saturated heterocycles. The van der Waals surface area contributed by atoms with Crippen LogP contribution in [0.2, 0.25) is 0 Å². The van der Waals surface area contributed by atoms with Crippen LogP contribution < -0.4 is 10.1 Å². The van der Waals surface area contributed by atoms with Crippen molar-refractivity contribution in [2.75, 3.05) is 5.32 Å². The van der Waals surface area contributed by atoms with Crippen molar-refractivity contribution in [1.82, 2.24) is 0 Å². The molecule has 0 unspecified atom stereocenters. The Hall–Kier alpha value is -3.08. The second-order valence-corrected chi connectivity index (χ2v) is 8.47. The van der Waals surface area contributed by atoms with Gasteiger partial charge in [0, 0.05) is 5.69 Å². The van der Waals surface area contributed by atoms with E-state index in [1.54, 1.807) is 24.3 Å². The maximum Gasteiger partial charge on any atom is 0.266 e. The molecule has 3 rings (SSSR count). The van der Waals surface area contributed by atoms with Crippen molar-refractivity contribution < 1.29 is 14.6 Å². The number of phenols is 1. The minimum atomic E-state index is -0.542. The van der Waals surface area contributed by atoms with E-state index in [-0.39, 0.29) is 11.3 Å². The number of nitriles is 1. The summed E-state index contributed by atoms with van der Waals surface area (Å²) in [7, 11) is 0. The van der Waals surface area contributed by atoms with E-state index in [0.29, 0.717) is 32.6 Å². The zero-order chi connectivity index (χ0) is 22.4. The molecule has 0 saturated carbocycles.